The van der Waals surface area contributed by atoms with E-state index in [1.54, 1.807) is 0 Å². The third-order valence-corrected chi connectivity index (χ3v) is 2.29. The topological polar surface area (TPSA) is 12.0 Å². The van der Waals surface area contributed by atoms with Crippen molar-refractivity contribution in [3.8, 4) is 0 Å². The highest BCUT2D eigenvalue weighted by Crippen LogP contribution is 2.26. The Hall–Kier alpha value is -1.24. The molecule has 12 heavy (non-hydrogen) atoms. The van der Waals surface area contributed by atoms with Crippen molar-refractivity contribution in [1.82, 2.24) is 0 Å². The molecule has 0 fully saturated rings. The van der Waals surface area contributed by atoms with E-state index >= 15 is 0 Å². The van der Waals surface area contributed by atoms with E-state index in [2.05, 4.69) is 37.0 Å². The zero-order valence-electron chi connectivity index (χ0n) is 7.30. The van der Waals surface area contributed by atoms with Crippen LogP contribution in [0.5, 0.6) is 0 Å². The van der Waals surface area contributed by atoms with Crippen molar-refractivity contribution < 1.29 is 0 Å². The van der Waals surface area contributed by atoms with Gasteiger partial charge in [0.2, 0.25) is 0 Å². The lowest BCUT2D eigenvalue weighted by molar-refractivity contribution is 0.839. The van der Waals surface area contributed by atoms with Crippen LogP contribution in [0.4, 0.5) is 5.69 Å². The summed E-state index contributed by atoms with van der Waals surface area (Å²) in [5.41, 5.74) is 3.91. The molecule has 0 aromatic heterocycles. The van der Waals surface area contributed by atoms with Gasteiger partial charge in [0.1, 0.15) is 0 Å². The molecule has 2 rings (SSSR count). The van der Waals surface area contributed by atoms with Gasteiger partial charge in [0.05, 0.1) is 0 Å². The number of rotatable bonds is 1. The van der Waals surface area contributed by atoms with Crippen molar-refractivity contribution in [2.45, 2.75) is 19.4 Å². The molecule has 0 saturated heterocycles. The van der Waals surface area contributed by atoms with Crippen LogP contribution in [-0.2, 0) is 6.42 Å². The second-order valence-corrected chi connectivity index (χ2v) is 3.37. The molecule has 0 spiro atoms. The lowest BCUT2D eigenvalue weighted by Crippen LogP contribution is -2.08. The van der Waals surface area contributed by atoms with Gasteiger partial charge in [0.25, 0.3) is 0 Å². The quantitative estimate of drug-likeness (QED) is 0.664. The first-order valence-corrected chi connectivity index (χ1v) is 4.31. The first-order chi connectivity index (χ1) is 5.79. The van der Waals surface area contributed by atoms with Gasteiger partial charge in [0, 0.05) is 11.7 Å². The van der Waals surface area contributed by atoms with E-state index in [9.17, 15) is 0 Å². The molecule has 62 valence electrons. The van der Waals surface area contributed by atoms with Gasteiger partial charge >= 0.3 is 0 Å². The molecule has 0 bridgehead atoms. The second-order valence-electron chi connectivity index (χ2n) is 3.37. The predicted octanol–water partition coefficient (Wildman–Crippen LogP) is 2.69. The third kappa shape index (κ3) is 1.11. The van der Waals surface area contributed by atoms with Crippen molar-refractivity contribution in [3.63, 3.8) is 0 Å². The van der Waals surface area contributed by atoms with Crippen LogP contribution in [0.1, 0.15) is 18.1 Å². The Morgan fingerprint density at radius 2 is 2.42 bits per heavy atom. The Balaban J connectivity index is 2.41. The summed E-state index contributed by atoms with van der Waals surface area (Å²) in [6.45, 7) is 5.96. The maximum absolute atomic E-state index is 3.76. The summed E-state index contributed by atoms with van der Waals surface area (Å²) in [5.74, 6) is 0. The van der Waals surface area contributed by atoms with Gasteiger partial charge in [-0.1, -0.05) is 18.7 Å². The standard InChI is InChI=1S/C11H13N/c1-3-9-4-5-11-10(7-9)6-8(2)12-11/h3-5,7-8,12H,1,6H2,2H3/t8-/m0/s1. The maximum atomic E-state index is 3.76. The summed E-state index contributed by atoms with van der Waals surface area (Å²) in [4.78, 5) is 0. The molecule has 1 atom stereocenters. The fraction of sp³-hybridized carbons (Fsp3) is 0.273. The smallest absolute Gasteiger partial charge is 0.0376 e. The van der Waals surface area contributed by atoms with Crippen LogP contribution in [0.2, 0.25) is 0 Å². The van der Waals surface area contributed by atoms with Gasteiger partial charge in [0.15, 0.2) is 0 Å². The van der Waals surface area contributed by atoms with E-state index in [0.717, 1.165) is 6.42 Å². The van der Waals surface area contributed by atoms with Crippen LogP contribution >= 0.6 is 0 Å². The van der Waals surface area contributed by atoms with E-state index in [4.69, 9.17) is 0 Å². The summed E-state index contributed by atoms with van der Waals surface area (Å²) in [5, 5.41) is 3.41. The molecule has 1 N–H and O–H groups in total. The number of hydrogen-bond donors (Lipinski definition) is 1. The predicted molar refractivity (Wildman–Crippen MR) is 53.3 cm³/mol. The fourth-order valence-corrected chi connectivity index (χ4v) is 1.70. The van der Waals surface area contributed by atoms with Crippen molar-refractivity contribution in [3.05, 3.63) is 35.9 Å². The summed E-state index contributed by atoms with van der Waals surface area (Å²) in [7, 11) is 0. The van der Waals surface area contributed by atoms with Crippen molar-refractivity contribution in [1.29, 1.82) is 0 Å². The molecule has 1 heteroatoms. The molecular formula is C11H13N. The maximum Gasteiger partial charge on any atom is 0.0376 e. The van der Waals surface area contributed by atoms with Crippen molar-refractivity contribution >= 4 is 11.8 Å². The summed E-state index contributed by atoms with van der Waals surface area (Å²) < 4.78 is 0. The van der Waals surface area contributed by atoms with E-state index in [1.807, 2.05) is 6.08 Å². The number of fused-ring (bicyclic) bond motifs is 1. The molecule has 0 aliphatic carbocycles. The minimum atomic E-state index is 0.583. The van der Waals surface area contributed by atoms with Gasteiger partial charge < -0.3 is 5.32 Å². The normalized spacial score (nSPS) is 19.9. The number of nitrogens with one attached hydrogen (secondary N) is 1. The first kappa shape index (κ1) is 7.41. The Morgan fingerprint density at radius 3 is 3.17 bits per heavy atom. The Morgan fingerprint density at radius 1 is 1.58 bits per heavy atom. The number of anilines is 1. The monoisotopic (exact) mass is 159 g/mol. The van der Waals surface area contributed by atoms with Crippen molar-refractivity contribution in [2.75, 3.05) is 5.32 Å². The molecule has 0 amide bonds. The van der Waals surface area contributed by atoms with Gasteiger partial charge in [-0.25, -0.2) is 0 Å². The largest absolute Gasteiger partial charge is 0.382 e. The van der Waals surface area contributed by atoms with Crippen LogP contribution in [0.15, 0.2) is 24.8 Å². The van der Waals surface area contributed by atoms with Crippen LogP contribution in [0.3, 0.4) is 0 Å². The second kappa shape index (κ2) is 2.67. The zero-order valence-corrected chi connectivity index (χ0v) is 7.30. The van der Waals surface area contributed by atoms with Crippen LogP contribution < -0.4 is 5.32 Å². The molecule has 0 unspecified atom stereocenters. The van der Waals surface area contributed by atoms with Crippen LogP contribution in [0.25, 0.3) is 6.08 Å². The zero-order chi connectivity index (χ0) is 8.55. The number of benzene rings is 1. The molecule has 1 nitrogen and oxygen atoms in total. The average Bonchev–Trinajstić information content (AvgIpc) is 2.43. The Labute approximate surface area is 73.1 Å². The Kier molecular flexibility index (Phi) is 1.65. The van der Waals surface area contributed by atoms with Crippen LogP contribution in [-0.4, -0.2) is 6.04 Å². The molecule has 1 aliphatic heterocycles. The molecule has 1 aliphatic rings. The minimum Gasteiger partial charge on any atom is -0.382 e. The lowest BCUT2D eigenvalue weighted by Gasteiger charge is -2.01. The van der Waals surface area contributed by atoms with E-state index in [-0.39, 0.29) is 0 Å². The average molecular weight is 159 g/mol. The summed E-state index contributed by atoms with van der Waals surface area (Å²) in [6, 6.07) is 7.02. The molecule has 1 aromatic carbocycles. The van der Waals surface area contributed by atoms with Gasteiger partial charge in [-0.15, -0.1) is 0 Å². The third-order valence-electron chi connectivity index (χ3n) is 2.29. The van der Waals surface area contributed by atoms with Crippen LogP contribution in [0, 0.1) is 0 Å². The van der Waals surface area contributed by atoms with E-state index < -0.39 is 0 Å². The molecule has 0 saturated carbocycles. The highest BCUT2D eigenvalue weighted by atomic mass is 14.9. The lowest BCUT2D eigenvalue weighted by atomic mass is 10.1. The summed E-state index contributed by atoms with van der Waals surface area (Å²) in [6.07, 6.45) is 3.03. The fourth-order valence-electron chi connectivity index (χ4n) is 1.70. The van der Waals surface area contributed by atoms with Gasteiger partial charge in [-0.05, 0) is 36.6 Å². The summed E-state index contributed by atoms with van der Waals surface area (Å²) >= 11 is 0. The molecular weight excluding hydrogens is 146 g/mol. The van der Waals surface area contributed by atoms with E-state index in [0.29, 0.717) is 6.04 Å². The Bertz CT molecular complexity index is 315. The van der Waals surface area contributed by atoms with Crippen molar-refractivity contribution in [2.24, 2.45) is 0 Å². The van der Waals surface area contributed by atoms with Gasteiger partial charge in [-0.3, -0.25) is 0 Å². The number of hydrogen-bond acceptors (Lipinski definition) is 1. The first-order valence-electron chi connectivity index (χ1n) is 4.31. The van der Waals surface area contributed by atoms with E-state index in [1.165, 1.54) is 16.8 Å². The molecule has 1 aromatic rings. The highest BCUT2D eigenvalue weighted by molar-refractivity contribution is 5.62. The van der Waals surface area contributed by atoms with Gasteiger partial charge in [-0.2, -0.15) is 0 Å². The SMILES string of the molecule is C=Cc1ccc2c(c1)C[C@H](C)N2. The highest BCUT2D eigenvalue weighted by Gasteiger charge is 2.15. The molecule has 1 heterocycles. The minimum absolute atomic E-state index is 0.583. The molecule has 0 radical (unpaired) electrons.